The summed E-state index contributed by atoms with van der Waals surface area (Å²) in [6.45, 7) is 0. The van der Waals surface area contributed by atoms with E-state index in [4.69, 9.17) is 32.7 Å². The minimum atomic E-state index is -0.732. The Morgan fingerprint density at radius 3 is 2.38 bits per heavy atom. The summed E-state index contributed by atoms with van der Waals surface area (Å²) in [7, 11) is 2.44. The van der Waals surface area contributed by atoms with E-state index in [1.807, 2.05) is 0 Å². The standard InChI is InChI=1S/C23H18Cl2N2O5/c1-31-22(29)18-8-3-4-11-27(20(18)23(30)32-2)16-7-5-6-15(13-16)26-21(28)17-10-9-14(24)12-19(17)25/h3-13H,1-2H3,(H,26,28). The lowest BCUT2D eigenvalue weighted by molar-refractivity contribution is -0.139. The molecule has 0 unspecified atom stereocenters. The Balaban J connectivity index is 1.99. The van der Waals surface area contributed by atoms with Gasteiger partial charge < -0.3 is 19.7 Å². The van der Waals surface area contributed by atoms with Gasteiger partial charge in [0.15, 0.2) is 0 Å². The second-order valence-electron chi connectivity index (χ2n) is 6.44. The third-order valence-electron chi connectivity index (χ3n) is 4.45. The Morgan fingerprint density at radius 1 is 0.938 bits per heavy atom. The first-order valence-corrected chi connectivity index (χ1v) is 10.0. The quantitative estimate of drug-likeness (QED) is 0.632. The summed E-state index contributed by atoms with van der Waals surface area (Å²) in [6.07, 6.45) is 6.30. The van der Waals surface area contributed by atoms with Gasteiger partial charge in [-0.25, -0.2) is 9.59 Å². The first-order chi connectivity index (χ1) is 15.3. The molecule has 0 fully saturated rings. The first kappa shape index (κ1) is 23.1. The molecule has 0 radical (unpaired) electrons. The van der Waals surface area contributed by atoms with Crippen LogP contribution in [0.3, 0.4) is 0 Å². The number of ether oxygens (including phenoxy) is 2. The van der Waals surface area contributed by atoms with Gasteiger partial charge in [0.25, 0.3) is 5.91 Å². The number of allylic oxidation sites excluding steroid dienone is 2. The minimum Gasteiger partial charge on any atom is -0.465 e. The number of hydrogen-bond donors (Lipinski definition) is 1. The van der Waals surface area contributed by atoms with Crippen molar-refractivity contribution in [1.29, 1.82) is 0 Å². The van der Waals surface area contributed by atoms with Crippen LogP contribution in [0, 0.1) is 0 Å². The van der Waals surface area contributed by atoms with E-state index in [0.29, 0.717) is 16.4 Å². The lowest BCUT2D eigenvalue weighted by Crippen LogP contribution is -2.27. The molecule has 0 saturated carbocycles. The van der Waals surface area contributed by atoms with E-state index in [-0.39, 0.29) is 21.9 Å². The van der Waals surface area contributed by atoms with Crippen molar-refractivity contribution in [3.63, 3.8) is 0 Å². The van der Waals surface area contributed by atoms with E-state index in [1.54, 1.807) is 48.7 Å². The van der Waals surface area contributed by atoms with E-state index >= 15 is 0 Å². The van der Waals surface area contributed by atoms with Crippen LogP contribution in [0.25, 0.3) is 0 Å². The zero-order valence-corrected chi connectivity index (χ0v) is 18.6. The molecular formula is C23H18Cl2N2O5. The summed E-state index contributed by atoms with van der Waals surface area (Å²) >= 11 is 12.0. The molecule has 32 heavy (non-hydrogen) atoms. The molecule has 1 aliphatic heterocycles. The van der Waals surface area contributed by atoms with Crippen LogP contribution < -0.4 is 10.2 Å². The number of nitrogens with zero attached hydrogens (tertiary/aromatic N) is 1. The minimum absolute atomic E-state index is 0.0201. The van der Waals surface area contributed by atoms with E-state index < -0.39 is 17.8 Å². The fourth-order valence-corrected chi connectivity index (χ4v) is 3.47. The summed E-state index contributed by atoms with van der Waals surface area (Å²) < 4.78 is 9.70. The Labute approximate surface area is 194 Å². The number of anilines is 2. The highest BCUT2D eigenvalue weighted by atomic mass is 35.5. The molecule has 1 heterocycles. The van der Waals surface area contributed by atoms with Crippen molar-refractivity contribution in [3.05, 3.63) is 93.8 Å². The third-order valence-corrected chi connectivity index (χ3v) is 4.99. The molecule has 0 aromatic heterocycles. The van der Waals surface area contributed by atoms with Gasteiger partial charge in [-0.05, 0) is 48.6 Å². The van der Waals surface area contributed by atoms with Gasteiger partial charge >= 0.3 is 11.9 Å². The molecule has 0 atom stereocenters. The molecule has 1 N–H and O–H groups in total. The van der Waals surface area contributed by atoms with Crippen LogP contribution in [0.15, 0.2) is 78.2 Å². The summed E-state index contributed by atoms with van der Waals surface area (Å²) in [4.78, 5) is 39.0. The monoisotopic (exact) mass is 472 g/mol. The second-order valence-corrected chi connectivity index (χ2v) is 7.29. The number of methoxy groups -OCH3 is 2. The maximum absolute atomic E-state index is 12.7. The molecule has 1 aliphatic rings. The van der Waals surface area contributed by atoms with E-state index in [9.17, 15) is 14.4 Å². The van der Waals surface area contributed by atoms with Gasteiger partial charge in [-0.1, -0.05) is 35.3 Å². The number of benzene rings is 2. The van der Waals surface area contributed by atoms with Crippen molar-refractivity contribution in [2.24, 2.45) is 0 Å². The molecule has 9 heteroatoms. The molecule has 2 aromatic carbocycles. The van der Waals surface area contributed by atoms with Crippen molar-refractivity contribution in [3.8, 4) is 0 Å². The van der Waals surface area contributed by atoms with E-state index in [0.717, 1.165) is 0 Å². The lowest BCUT2D eigenvalue weighted by atomic mass is 10.1. The van der Waals surface area contributed by atoms with Crippen molar-refractivity contribution in [2.45, 2.75) is 0 Å². The molecule has 164 valence electrons. The summed E-state index contributed by atoms with van der Waals surface area (Å²) in [5.74, 6) is -1.86. The van der Waals surface area contributed by atoms with Crippen LogP contribution in [0.2, 0.25) is 10.0 Å². The highest BCUT2D eigenvalue weighted by Gasteiger charge is 2.27. The number of nitrogens with one attached hydrogen (secondary N) is 1. The molecular weight excluding hydrogens is 455 g/mol. The fraction of sp³-hybridized carbons (Fsp3) is 0.0870. The highest BCUT2D eigenvalue weighted by molar-refractivity contribution is 6.37. The number of amides is 1. The predicted octanol–water partition coefficient (Wildman–Crippen LogP) is 4.74. The van der Waals surface area contributed by atoms with Crippen LogP contribution in [0.1, 0.15) is 10.4 Å². The molecule has 0 spiro atoms. The fourth-order valence-electron chi connectivity index (χ4n) is 2.97. The first-order valence-electron chi connectivity index (χ1n) is 9.27. The average molecular weight is 473 g/mol. The van der Waals surface area contributed by atoms with Crippen molar-refractivity contribution in [1.82, 2.24) is 0 Å². The van der Waals surface area contributed by atoms with Gasteiger partial charge in [0.1, 0.15) is 5.70 Å². The maximum Gasteiger partial charge on any atom is 0.355 e. The maximum atomic E-state index is 12.7. The summed E-state index contributed by atoms with van der Waals surface area (Å²) in [5, 5.41) is 3.39. The molecule has 0 saturated heterocycles. The molecule has 0 bridgehead atoms. The van der Waals surface area contributed by atoms with Crippen LogP contribution in [0.4, 0.5) is 11.4 Å². The van der Waals surface area contributed by atoms with Crippen LogP contribution >= 0.6 is 23.2 Å². The topological polar surface area (TPSA) is 84.9 Å². The number of esters is 2. The normalized spacial score (nSPS) is 12.9. The van der Waals surface area contributed by atoms with Gasteiger partial charge in [-0.15, -0.1) is 0 Å². The molecule has 1 amide bonds. The molecule has 7 nitrogen and oxygen atoms in total. The Morgan fingerprint density at radius 2 is 1.69 bits per heavy atom. The SMILES string of the molecule is COC(=O)C1=C(C(=O)OC)N(c2cccc(NC(=O)c3ccc(Cl)cc3Cl)c2)C=CC=C1. The van der Waals surface area contributed by atoms with Gasteiger partial charge in [-0.2, -0.15) is 0 Å². The zero-order valence-electron chi connectivity index (χ0n) is 17.1. The number of rotatable bonds is 5. The number of carbonyl (C=O) groups is 3. The van der Waals surface area contributed by atoms with Crippen LogP contribution in [0.5, 0.6) is 0 Å². The average Bonchev–Trinajstić information content (AvgIpc) is 3.01. The van der Waals surface area contributed by atoms with Crippen LogP contribution in [-0.4, -0.2) is 32.1 Å². The Hall–Kier alpha value is -3.55. The Bertz CT molecular complexity index is 1170. The van der Waals surface area contributed by atoms with Crippen molar-refractivity contribution < 1.29 is 23.9 Å². The van der Waals surface area contributed by atoms with Crippen molar-refractivity contribution >= 4 is 52.4 Å². The third kappa shape index (κ3) is 5.01. The number of hydrogen-bond acceptors (Lipinski definition) is 6. The Kier molecular flexibility index (Phi) is 7.35. The zero-order chi connectivity index (χ0) is 23.3. The van der Waals surface area contributed by atoms with E-state index in [2.05, 4.69) is 5.32 Å². The van der Waals surface area contributed by atoms with Gasteiger partial charge in [0.05, 0.1) is 30.4 Å². The largest absolute Gasteiger partial charge is 0.465 e. The smallest absolute Gasteiger partial charge is 0.355 e. The predicted molar refractivity (Wildman–Crippen MR) is 123 cm³/mol. The molecule has 3 rings (SSSR count). The highest BCUT2D eigenvalue weighted by Crippen LogP contribution is 2.29. The molecule has 2 aromatic rings. The number of halogens is 2. The van der Waals surface area contributed by atoms with Gasteiger partial charge in [0.2, 0.25) is 0 Å². The molecule has 0 aliphatic carbocycles. The van der Waals surface area contributed by atoms with Gasteiger partial charge in [0, 0.05) is 22.6 Å². The van der Waals surface area contributed by atoms with Crippen molar-refractivity contribution in [2.75, 3.05) is 24.4 Å². The number of carbonyl (C=O) groups excluding carboxylic acids is 3. The van der Waals surface area contributed by atoms with Crippen LogP contribution in [-0.2, 0) is 19.1 Å². The summed E-state index contributed by atoms with van der Waals surface area (Å²) in [5.41, 5.74) is 1.17. The van der Waals surface area contributed by atoms with E-state index in [1.165, 1.54) is 37.3 Å². The van der Waals surface area contributed by atoms with Gasteiger partial charge in [-0.3, -0.25) is 4.79 Å². The second kappa shape index (κ2) is 10.2. The summed E-state index contributed by atoms with van der Waals surface area (Å²) in [6, 6.07) is 11.3. The lowest BCUT2D eigenvalue weighted by Gasteiger charge is -2.23.